The molecule has 0 spiro atoms. The van der Waals surface area contributed by atoms with Crippen molar-refractivity contribution >= 4 is 16.3 Å². The molecule has 5 nitrogen and oxygen atoms in total. The van der Waals surface area contributed by atoms with Crippen LogP contribution in [0.25, 0.3) is 4.96 Å². The van der Waals surface area contributed by atoms with Crippen LogP contribution in [0.5, 0.6) is 5.88 Å². The topological polar surface area (TPSA) is 54.9 Å². The van der Waals surface area contributed by atoms with Crippen molar-refractivity contribution in [3.05, 3.63) is 46.1 Å². The Hall–Kier alpha value is -1.92. The van der Waals surface area contributed by atoms with E-state index in [1.54, 1.807) is 15.9 Å². The molecule has 0 radical (unpaired) electrons. The highest BCUT2D eigenvalue weighted by atomic mass is 32.1. The molecule has 1 aliphatic heterocycles. The molecular formula is C21H29N4OS+. The highest BCUT2D eigenvalue weighted by molar-refractivity contribution is 7.17. The number of hydrogen-bond acceptors (Lipinski definition) is 4. The smallest absolute Gasteiger partial charge is 0.235 e. The summed E-state index contributed by atoms with van der Waals surface area (Å²) >= 11 is 1.57. The van der Waals surface area contributed by atoms with Gasteiger partial charge in [-0.05, 0) is 31.2 Å². The van der Waals surface area contributed by atoms with E-state index in [0.717, 1.165) is 22.9 Å². The number of aryl methyl sites for hydroxylation is 1. The fourth-order valence-corrected chi connectivity index (χ4v) is 5.46. The standard InChI is InChI=1S/C21H28N4OS/c1-13(2)16-7-9-17(10-8-16)18(24-11-5-6-14(3)12-24)19-20(26)25-21(27-19)22-15(4)23-25/h7-10,13-14,18,26H,5-6,11-12H2,1-4H3/p+1/t14-,18+/m0/s1. The normalized spacial score (nSPS) is 21.8. The predicted octanol–water partition coefficient (Wildman–Crippen LogP) is 3.33. The minimum atomic E-state index is 0.128. The second-order valence-electron chi connectivity index (χ2n) is 8.26. The Morgan fingerprint density at radius 2 is 1.93 bits per heavy atom. The van der Waals surface area contributed by atoms with Gasteiger partial charge in [-0.1, -0.05) is 56.4 Å². The summed E-state index contributed by atoms with van der Waals surface area (Å²) in [6.07, 6.45) is 2.53. The first kappa shape index (κ1) is 18.4. The number of likely N-dealkylation sites (tertiary alicyclic amines) is 1. The van der Waals surface area contributed by atoms with Gasteiger partial charge < -0.3 is 10.0 Å². The van der Waals surface area contributed by atoms with Crippen LogP contribution in [-0.2, 0) is 0 Å². The molecule has 144 valence electrons. The number of hydrogen-bond donors (Lipinski definition) is 2. The first-order chi connectivity index (χ1) is 12.9. The van der Waals surface area contributed by atoms with Crippen molar-refractivity contribution in [1.82, 2.24) is 14.6 Å². The van der Waals surface area contributed by atoms with E-state index in [4.69, 9.17) is 0 Å². The maximum atomic E-state index is 10.9. The second-order valence-corrected chi connectivity index (χ2v) is 9.27. The molecular weight excluding hydrogens is 356 g/mol. The van der Waals surface area contributed by atoms with Gasteiger partial charge in [0, 0.05) is 11.5 Å². The van der Waals surface area contributed by atoms with Gasteiger partial charge in [0.1, 0.15) is 10.7 Å². The maximum absolute atomic E-state index is 10.9. The summed E-state index contributed by atoms with van der Waals surface area (Å²) in [6.45, 7) is 10.9. The molecule has 2 N–H and O–H groups in total. The van der Waals surface area contributed by atoms with E-state index in [9.17, 15) is 5.11 Å². The largest absolute Gasteiger partial charge is 0.492 e. The van der Waals surface area contributed by atoms with E-state index in [-0.39, 0.29) is 11.9 Å². The second kappa shape index (κ2) is 7.24. The van der Waals surface area contributed by atoms with Crippen LogP contribution in [0.3, 0.4) is 0 Å². The van der Waals surface area contributed by atoms with Gasteiger partial charge >= 0.3 is 0 Å². The van der Waals surface area contributed by atoms with Crippen LogP contribution in [0, 0.1) is 12.8 Å². The van der Waals surface area contributed by atoms with E-state index in [0.29, 0.717) is 17.7 Å². The molecule has 0 aliphatic carbocycles. The molecule has 0 saturated carbocycles. The minimum absolute atomic E-state index is 0.128. The van der Waals surface area contributed by atoms with Gasteiger partial charge in [0.05, 0.1) is 13.1 Å². The van der Waals surface area contributed by atoms with Crippen LogP contribution in [0.1, 0.15) is 67.4 Å². The summed E-state index contributed by atoms with van der Waals surface area (Å²) < 4.78 is 1.59. The Balaban J connectivity index is 1.79. The van der Waals surface area contributed by atoms with Crippen LogP contribution in [0.2, 0.25) is 0 Å². The molecule has 27 heavy (non-hydrogen) atoms. The Morgan fingerprint density at radius 1 is 1.22 bits per heavy atom. The molecule has 1 aromatic carbocycles. The zero-order chi connectivity index (χ0) is 19.1. The number of aromatic hydroxyl groups is 1. The SMILES string of the molecule is Cc1nc2sc([C@@H](c3ccc(C(C)C)cc3)[NH+]3CCC[C@H](C)C3)c(O)n2n1. The fraction of sp³-hybridized carbons (Fsp3) is 0.524. The Bertz CT molecular complexity index is 928. The lowest BCUT2D eigenvalue weighted by atomic mass is 9.94. The van der Waals surface area contributed by atoms with Crippen molar-refractivity contribution in [1.29, 1.82) is 0 Å². The number of aromatic nitrogens is 3. The number of benzene rings is 1. The fourth-order valence-electron chi connectivity index (χ4n) is 4.27. The Morgan fingerprint density at radius 3 is 2.56 bits per heavy atom. The van der Waals surface area contributed by atoms with Crippen LogP contribution >= 0.6 is 11.3 Å². The number of piperidine rings is 1. The van der Waals surface area contributed by atoms with E-state index < -0.39 is 0 Å². The molecule has 1 aliphatic rings. The van der Waals surface area contributed by atoms with E-state index in [2.05, 4.69) is 55.1 Å². The van der Waals surface area contributed by atoms with E-state index in [1.807, 2.05) is 6.92 Å². The Kier molecular flexibility index (Phi) is 4.95. The third kappa shape index (κ3) is 3.48. The summed E-state index contributed by atoms with van der Waals surface area (Å²) in [5.41, 5.74) is 2.61. The summed E-state index contributed by atoms with van der Waals surface area (Å²) in [7, 11) is 0. The van der Waals surface area contributed by atoms with Gasteiger partial charge in [0.25, 0.3) is 0 Å². The van der Waals surface area contributed by atoms with E-state index in [1.165, 1.54) is 28.9 Å². The quantitative estimate of drug-likeness (QED) is 0.724. The molecule has 1 fully saturated rings. The third-order valence-electron chi connectivity index (χ3n) is 5.72. The number of rotatable bonds is 4. The highest BCUT2D eigenvalue weighted by Gasteiger charge is 2.35. The summed E-state index contributed by atoms with van der Waals surface area (Å²) in [6, 6.07) is 9.08. The molecule has 6 heteroatoms. The average Bonchev–Trinajstić information content (AvgIpc) is 3.14. The van der Waals surface area contributed by atoms with Crippen molar-refractivity contribution in [3.63, 3.8) is 0 Å². The number of fused-ring (bicyclic) bond motifs is 1. The van der Waals surface area contributed by atoms with Gasteiger partial charge in [0.15, 0.2) is 6.04 Å². The minimum Gasteiger partial charge on any atom is -0.492 e. The Labute approximate surface area is 164 Å². The maximum Gasteiger partial charge on any atom is 0.235 e. The molecule has 0 bridgehead atoms. The van der Waals surface area contributed by atoms with Gasteiger partial charge in [-0.3, -0.25) is 0 Å². The molecule has 3 aromatic rings. The van der Waals surface area contributed by atoms with Crippen LogP contribution in [-0.4, -0.2) is 32.8 Å². The van der Waals surface area contributed by atoms with Gasteiger partial charge in [0.2, 0.25) is 10.8 Å². The van der Waals surface area contributed by atoms with Crippen molar-refractivity contribution in [2.75, 3.05) is 13.1 Å². The summed E-state index contributed by atoms with van der Waals surface area (Å²) in [5.74, 6) is 2.17. The third-order valence-corrected chi connectivity index (χ3v) is 6.80. The number of thiazole rings is 1. The summed E-state index contributed by atoms with van der Waals surface area (Å²) in [4.78, 5) is 7.75. The van der Waals surface area contributed by atoms with Crippen molar-refractivity contribution in [3.8, 4) is 5.88 Å². The van der Waals surface area contributed by atoms with Crippen LogP contribution in [0.15, 0.2) is 24.3 Å². The lowest BCUT2D eigenvalue weighted by Gasteiger charge is -2.34. The first-order valence-corrected chi connectivity index (χ1v) is 10.7. The van der Waals surface area contributed by atoms with Gasteiger partial charge in [-0.2, -0.15) is 4.52 Å². The molecule has 4 rings (SSSR count). The number of nitrogens with zero attached hydrogens (tertiary/aromatic N) is 3. The van der Waals surface area contributed by atoms with Crippen LogP contribution < -0.4 is 4.90 Å². The van der Waals surface area contributed by atoms with Gasteiger partial charge in [-0.15, -0.1) is 5.10 Å². The average molecular weight is 386 g/mol. The molecule has 1 saturated heterocycles. The number of quaternary nitrogens is 1. The number of nitrogens with one attached hydrogen (secondary N) is 1. The molecule has 0 amide bonds. The molecule has 3 atom stereocenters. The van der Waals surface area contributed by atoms with Crippen molar-refractivity contribution < 1.29 is 10.0 Å². The van der Waals surface area contributed by atoms with Gasteiger partial charge in [-0.25, -0.2) is 4.98 Å². The first-order valence-electron chi connectivity index (χ1n) is 9.93. The zero-order valence-corrected chi connectivity index (χ0v) is 17.4. The molecule has 3 heterocycles. The predicted molar refractivity (Wildman–Crippen MR) is 109 cm³/mol. The molecule has 1 unspecified atom stereocenters. The lowest BCUT2D eigenvalue weighted by molar-refractivity contribution is -0.933. The molecule has 2 aromatic heterocycles. The summed E-state index contributed by atoms with van der Waals surface area (Å²) in [5, 5.41) is 15.3. The highest BCUT2D eigenvalue weighted by Crippen LogP contribution is 2.35. The zero-order valence-electron chi connectivity index (χ0n) is 16.6. The monoisotopic (exact) mass is 385 g/mol. The van der Waals surface area contributed by atoms with E-state index >= 15 is 0 Å². The lowest BCUT2D eigenvalue weighted by Crippen LogP contribution is -3.13. The van der Waals surface area contributed by atoms with Crippen LogP contribution in [0.4, 0.5) is 0 Å². The van der Waals surface area contributed by atoms with Crippen molar-refractivity contribution in [2.45, 2.75) is 52.5 Å². The van der Waals surface area contributed by atoms with Crippen molar-refractivity contribution in [2.24, 2.45) is 5.92 Å².